The van der Waals surface area contributed by atoms with E-state index in [1.165, 1.54) is 6.07 Å². The van der Waals surface area contributed by atoms with E-state index in [-0.39, 0.29) is 0 Å². The first-order chi connectivity index (χ1) is 17.5. The van der Waals surface area contributed by atoms with Gasteiger partial charge in [0.25, 0.3) is 0 Å². The van der Waals surface area contributed by atoms with Gasteiger partial charge in [0.15, 0.2) is 0 Å². The molecule has 2 saturated heterocycles. The van der Waals surface area contributed by atoms with Crippen LogP contribution in [0.2, 0.25) is 0 Å². The van der Waals surface area contributed by atoms with Crippen LogP contribution in [-0.2, 0) is 11.8 Å². The van der Waals surface area contributed by atoms with Gasteiger partial charge in [-0.15, -0.1) is 0 Å². The minimum absolute atomic E-state index is 0.637. The molecule has 4 heterocycles. The van der Waals surface area contributed by atoms with Crippen molar-refractivity contribution in [2.45, 2.75) is 63.2 Å². The van der Waals surface area contributed by atoms with Crippen LogP contribution in [0.1, 0.15) is 68.2 Å². The second kappa shape index (κ2) is 10.7. The molecule has 5 rings (SSSR count). The van der Waals surface area contributed by atoms with E-state index in [0.717, 1.165) is 101 Å². The number of H-pyrrole nitrogens is 1. The number of hydrogen-bond acceptors (Lipinski definition) is 4. The maximum Gasteiger partial charge on any atom is 0.417 e. The Bertz CT molecular complexity index is 1070. The van der Waals surface area contributed by atoms with Gasteiger partial charge in [0.2, 0.25) is 0 Å². The summed E-state index contributed by atoms with van der Waals surface area (Å²) in [5.41, 5.74) is 1.97. The van der Waals surface area contributed by atoms with Gasteiger partial charge in [-0.2, -0.15) is 18.3 Å². The normalized spacial score (nSPS) is 19.1. The number of rotatable bonds is 5. The Morgan fingerprint density at radius 2 is 1.28 bits per heavy atom. The van der Waals surface area contributed by atoms with E-state index in [2.05, 4.69) is 25.0 Å². The molecule has 0 saturated carbocycles. The predicted octanol–water partition coefficient (Wildman–Crippen LogP) is 6.44. The van der Waals surface area contributed by atoms with Gasteiger partial charge in [-0.3, -0.25) is 19.9 Å². The molecule has 0 amide bonds. The van der Waals surface area contributed by atoms with Gasteiger partial charge < -0.3 is 0 Å². The Hall–Kier alpha value is -2.71. The van der Waals surface area contributed by atoms with Gasteiger partial charge >= 0.3 is 6.18 Å². The van der Waals surface area contributed by atoms with Crippen LogP contribution in [0.5, 0.6) is 0 Å². The smallest absolute Gasteiger partial charge is 0.277 e. The number of aromatic nitrogens is 3. The van der Waals surface area contributed by atoms with E-state index < -0.39 is 17.4 Å². The third-order valence-corrected chi connectivity index (χ3v) is 7.65. The Balaban J connectivity index is 1.75. The Labute approximate surface area is 210 Å². The number of likely N-dealkylation sites (tertiary alicyclic amines) is 2. The fourth-order valence-electron chi connectivity index (χ4n) is 5.93. The molecular weight excluding hydrogens is 463 g/mol. The highest BCUT2D eigenvalue weighted by Gasteiger charge is 2.49. The molecule has 2 aromatic heterocycles. The molecule has 0 bridgehead atoms. The van der Waals surface area contributed by atoms with Crippen molar-refractivity contribution in [3.63, 3.8) is 0 Å². The molecule has 0 aliphatic carbocycles. The number of alkyl halides is 3. The average molecular weight is 498 g/mol. The number of benzene rings is 1. The number of nitrogens with one attached hydrogen (secondary N) is 1. The number of nitrogens with zero attached hydrogens (tertiary/aromatic N) is 4. The summed E-state index contributed by atoms with van der Waals surface area (Å²) in [4.78, 5) is 9.52. The lowest BCUT2D eigenvalue weighted by Gasteiger charge is -2.50. The molecule has 0 atom stereocenters. The second-order valence-corrected chi connectivity index (χ2v) is 9.93. The zero-order chi connectivity index (χ0) is 25.0. The molecule has 36 heavy (non-hydrogen) atoms. The maximum absolute atomic E-state index is 13.5. The van der Waals surface area contributed by atoms with Crippen molar-refractivity contribution in [1.82, 2.24) is 25.0 Å². The Morgan fingerprint density at radius 1 is 0.694 bits per heavy atom. The monoisotopic (exact) mass is 497 g/mol. The summed E-state index contributed by atoms with van der Waals surface area (Å²) in [5, 5.41) is 7.73. The van der Waals surface area contributed by atoms with Crippen LogP contribution >= 0.6 is 0 Å². The minimum atomic E-state index is -4.43. The summed E-state index contributed by atoms with van der Waals surface area (Å²) in [6, 6.07) is 12.9. The van der Waals surface area contributed by atoms with E-state index in [1.54, 1.807) is 6.07 Å². The summed E-state index contributed by atoms with van der Waals surface area (Å²) in [7, 11) is 0. The molecule has 1 aromatic carbocycles. The van der Waals surface area contributed by atoms with Crippen molar-refractivity contribution < 1.29 is 13.2 Å². The molecule has 2 aliphatic heterocycles. The molecule has 2 fully saturated rings. The van der Waals surface area contributed by atoms with Crippen molar-refractivity contribution in [3.8, 4) is 11.3 Å². The van der Waals surface area contributed by atoms with E-state index in [4.69, 9.17) is 0 Å². The number of pyridine rings is 1. The van der Waals surface area contributed by atoms with Crippen LogP contribution < -0.4 is 0 Å². The van der Waals surface area contributed by atoms with Crippen LogP contribution in [-0.4, -0.2) is 51.2 Å². The average Bonchev–Trinajstić information content (AvgIpc) is 3.06. The first-order valence-electron chi connectivity index (χ1n) is 13.1. The Morgan fingerprint density at radius 3 is 1.78 bits per heavy atom. The highest BCUT2D eigenvalue weighted by atomic mass is 19.4. The van der Waals surface area contributed by atoms with Crippen LogP contribution in [0, 0.1) is 0 Å². The molecular formula is C28H34F3N5. The summed E-state index contributed by atoms with van der Waals surface area (Å²) in [6.45, 7) is 3.44. The van der Waals surface area contributed by atoms with Crippen molar-refractivity contribution >= 4 is 0 Å². The largest absolute Gasteiger partial charge is 0.417 e. The van der Waals surface area contributed by atoms with E-state index >= 15 is 0 Å². The third kappa shape index (κ3) is 4.81. The van der Waals surface area contributed by atoms with Gasteiger partial charge in [-0.25, -0.2) is 0 Å². The van der Waals surface area contributed by atoms with Crippen LogP contribution in [0.3, 0.4) is 0 Å². The molecule has 2 aliphatic rings. The molecule has 8 heteroatoms. The first-order valence-corrected chi connectivity index (χ1v) is 13.1. The maximum atomic E-state index is 13.5. The first kappa shape index (κ1) is 25.0. The highest BCUT2D eigenvalue weighted by Crippen LogP contribution is 2.45. The molecule has 0 unspecified atom stereocenters. The molecule has 0 spiro atoms. The summed E-state index contributed by atoms with van der Waals surface area (Å²) in [6.07, 6.45) is 7.28. The molecule has 0 radical (unpaired) electrons. The van der Waals surface area contributed by atoms with Crippen LogP contribution in [0.25, 0.3) is 11.3 Å². The fourth-order valence-corrected chi connectivity index (χ4v) is 5.93. The van der Waals surface area contributed by atoms with Crippen molar-refractivity contribution in [3.05, 3.63) is 71.7 Å². The topological polar surface area (TPSA) is 48.1 Å². The van der Waals surface area contributed by atoms with Gasteiger partial charge in [-0.05, 0) is 43.4 Å². The van der Waals surface area contributed by atoms with Crippen molar-refractivity contribution in [2.24, 2.45) is 0 Å². The van der Waals surface area contributed by atoms with Crippen molar-refractivity contribution in [1.29, 1.82) is 0 Å². The quantitative estimate of drug-likeness (QED) is 0.441. The lowest BCUT2D eigenvalue weighted by Crippen LogP contribution is -2.60. The van der Waals surface area contributed by atoms with Gasteiger partial charge in [0.05, 0.1) is 23.1 Å². The molecule has 5 nitrogen and oxygen atoms in total. The summed E-state index contributed by atoms with van der Waals surface area (Å²) < 4.78 is 40.5. The number of hydrogen-bond donors (Lipinski definition) is 1. The van der Waals surface area contributed by atoms with Gasteiger partial charge in [0.1, 0.15) is 5.66 Å². The van der Waals surface area contributed by atoms with Crippen LogP contribution in [0.15, 0.2) is 54.9 Å². The summed E-state index contributed by atoms with van der Waals surface area (Å²) >= 11 is 0. The lowest BCUT2D eigenvalue weighted by atomic mass is 9.88. The second-order valence-electron chi connectivity index (χ2n) is 9.93. The highest BCUT2D eigenvalue weighted by molar-refractivity contribution is 5.65. The summed E-state index contributed by atoms with van der Waals surface area (Å²) in [5.74, 6) is 0. The van der Waals surface area contributed by atoms with Gasteiger partial charge in [0, 0.05) is 37.9 Å². The van der Waals surface area contributed by atoms with E-state index in [1.807, 2.05) is 36.5 Å². The number of aromatic amines is 1. The molecule has 1 N–H and O–H groups in total. The Kier molecular flexibility index (Phi) is 7.44. The standard InChI is InChI=1S/C28H34F3N5/c29-28(30,31)23-14-15-25(32-20-23)27(35-16-8-1-2-9-17-35,36-18-10-3-4-11-19-36)24-21-33-34-26(24)22-12-6-5-7-13-22/h5-7,12-15,20-21H,1-4,8-11,16-19H2,(H,33,34). The van der Waals surface area contributed by atoms with Gasteiger partial charge in [-0.1, -0.05) is 56.0 Å². The lowest BCUT2D eigenvalue weighted by molar-refractivity contribution is -0.137. The van der Waals surface area contributed by atoms with E-state index in [0.29, 0.717) is 5.69 Å². The zero-order valence-electron chi connectivity index (χ0n) is 20.6. The number of halogens is 3. The van der Waals surface area contributed by atoms with Crippen molar-refractivity contribution in [2.75, 3.05) is 26.2 Å². The zero-order valence-corrected chi connectivity index (χ0v) is 20.6. The molecule has 3 aromatic rings. The van der Waals surface area contributed by atoms with E-state index in [9.17, 15) is 13.2 Å². The SMILES string of the molecule is FC(F)(F)c1ccc(C(c2cn[nH]c2-c2ccccc2)(N2CCCCCC2)N2CCCCCC2)nc1. The fraction of sp³-hybridized carbons (Fsp3) is 0.500. The van der Waals surface area contributed by atoms with Crippen LogP contribution in [0.4, 0.5) is 13.2 Å². The third-order valence-electron chi connectivity index (χ3n) is 7.65. The molecule has 192 valence electrons. The minimum Gasteiger partial charge on any atom is -0.277 e. The predicted molar refractivity (Wildman–Crippen MR) is 134 cm³/mol.